The van der Waals surface area contributed by atoms with Crippen molar-refractivity contribution in [3.05, 3.63) is 77.4 Å². The number of amides is 1. The Morgan fingerprint density at radius 1 is 0.978 bits per heavy atom. The van der Waals surface area contributed by atoms with Crippen LogP contribution in [0.3, 0.4) is 0 Å². The molecule has 2 saturated carbocycles. The molecule has 1 amide bonds. The van der Waals surface area contributed by atoms with E-state index in [1.165, 1.54) is 43.3 Å². The molecule has 2 fully saturated rings. The number of nitrogens with two attached hydrogens (primary N) is 3. The minimum atomic E-state index is -3.10. The van der Waals surface area contributed by atoms with Crippen molar-refractivity contribution in [1.82, 2.24) is 4.90 Å². The highest BCUT2D eigenvalue weighted by Gasteiger charge is 2.82. The number of phenolic OH excluding ortho intramolecular Hbond substituents is 1. The molecule has 7 atom stereocenters. The third kappa shape index (κ3) is 3.52. The lowest BCUT2D eigenvalue weighted by Crippen LogP contribution is -2.91. The number of aromatic hydroxyl groups is 1. The van der Waals surface area contributed by atoms with Gasteiger partial charge in [-0.3, -0.25) is 28.9 Å². The van der Waals surface area contributed by atoms with Crippen LogP contribution in [0.25, 0.3) is 22.4 Å². The van der Waals surface area contributed by atoms with Crippen LogP contribution in [0.1, 0.15) is 21.5 Å². The van der Waals surface area contributed by atoms with Gasteiger partial charge in [-0.15, -0.1) is 0 Å². The lowest BCUT2D eigenvalue weighted by atomic mass is 9.41. The van der Waals surface area contributed by atoms with Gasteiger partial charge in [0.15, 0.2) is 34.5 Å². The fraction of sp³-hybridized carbons (Fsp3) is 0.273. The fourth-order valence-corrected chi connectivity index (χ4v) is 7.70. The minimum absolute atomic E-state index is 0.0000697. The Bertz CT molecular complexity index is 1960. The van der Waals surface area contributed by atoms with Gasteiger partial charge < -0.3 is 27.4 Å². The van der Waals surface area contributed by atoms with Gasteiger partial charge in [-0.1, -0.05) is 48.5 Å². The quantitative estimate of drug-likeness (QED) is 0.247. The monoisotopic (exact) mass is 607 g/mol. The Morgan fingerprint density at radius 2 is 1.64 bits per heavy atom. The molecule has 3 aliphatic carbocycles. The van der Waals surface area contributed by atoms with Gasteiger partial charge in [0, 0.05) is 0 Å². The number of nitrogens with zero attached hydrogens (tertiary/aromatic N) is 2. The first kappa shape index (κ1) is 30.0. The van der Waals surface area contributed by atoms with Crippen molar-refractivity contribution in [1.29, 1.82) is 5.26 Å². The number of carbonyl (C=O) groups excluding carboxylic acids is 5. The number of hydrogen-bond donors (Lipinski definition) is 5. The molecule has 0 aliphatic heterocycles. The van der Waals surface area contributed by atoms with Gasteiger partial charge in [-0.2, -0.15) is 5.26 Å². The van der Waals surface area contributed by atoms with Gasteiger partial charge in [-0.25, -0.2) is 0 Å². The standard InChI is InChI=1S/C33H29N5O7/c1-38(2)26-25(41)22(29(35)44)27(42)31(14-34)28(43)23-24(40)21-18(8-5-9-20(21)39)19(32(23,36)30(45)33(26,31)37)13-15-10-11-16-6-3-4-7-17(16)12-15/h3-13,22-23,26,30,39,45H,36-37H2,1-2H3,(H2,35,44)/t22?,23?,26-,30+,31+,32+,33+/m1/s1. The van der Waals surface area contributed by atoms with Crippen LogP contribution < -0.4 is 17.2 Å². The summed E-state index contributed by atoms with van der Waals surface area (Å²) in [7, 11) is 2.70. The number of fused-ring (bicyclic) bond motifs is 4. The normalized spacial score (nSPS) is 33.5. The topological polar surface area (TPSA) is 231 Å². The van der Waals surface area contributed by atoms with E-state index < -0.39 is 75.3 Å². The third-order valence-corrected chi connectivity index (χ3v) is 9.66. The van der Waals surface area contributed by atoms with Crippen LogP contribution in [0.2, 0.25) is 0 Å². The molecule has 3 aromatic rings. The molecular formula is C33H29N5O7. The van der Waals surface area contributed by atoms with E-state index in [0.29, 0.717) is 5.56 Å². The van der Waals surface area contributed by atoms with Gasteiger partial charge in [-0.05, 0) is 59.8 Å². The van der Waals surface area contributed by atoms with E-state index in [9.17, 15) is 39.4 Å². The van der Waals surface area contributed by atoms with E-state index >= 15 is 0 Å². The number of likely N-dealkylation sites (N-methyl/N-ethyl adjacent to an activating group) is 1. The van der Waals surface area contributed by atoms with Crippen molar-refractivity contribution in [2.45, 2.75) is 23.2 Å². The highest BCUT2D eigenvalue weighted by Crippen LogP contribution is 2.59. The summed E-state index contributed by atoms with van der Waals surface area (Å²) >= 11 is 0. The van der Waals surface area contributed by atoms with Crippen LogP contribution in [0.15, 0.2) is 60.7 Å². The van der Waals surface area contributed by atoms with Gasteiger partial charge in [0.1, 0.15) is 17.2 Å². The number of Topliss-reactive ketones (excluding diaryl/α,β-unsaturated/α-hetero) is 4. The molecule has 6 rings (SSSR count). The first-order valence-corrected chi connectivity index (χ1v) is 14.0. The van der Waals surface area contributed by atoms with E-state index in [1.807, 2.05) is 36.4 Å². The van der Waals surface area contributed by atoms with Crippen molar-refractivity contribution in [2.24, 2.45) is 34.5 Å². The van der Waals surface area contributed by atoms with Crippen LogP contribution in [0, 0.1) is 28.6 Å². The summed E-state index contributed by atoms with van der Waals surface area (Å²) in [5, 5.41) is 35.6. The maximum absolute atomic E-state index is 14.7. The molecule has 2 unspecified atom stereocenters. The summed E-state index contributed by atoms with van der Waals surface area (Å²) in [6.45, 7) is 0. The Hall–Kier alpha value is -5.06. The average molecular weight is 608 g/mol. The summed E-state index contributed by atoms with van der Waals surface area (Å²) in [6, 6.07) is 16.8. The zero-order chi connectivity index (χ0) is 32.8. The lowest BCUT2D eigenvalue weighted by molar-refractivity contribution is -0.176. The van der Waals surface area contributed by atoms with Crippen LogP contribution in [0.4, 0.5) is 0 Å². The predicted molar refractivity (Wildman–Crippen MR) is 161 cm³/mol. The zero-order valence-corrected chi connectivity index (χ0v) is 24.2. The van der Waals surface area contributed by atoms with Crippen LogP contribution in [-0.4, -0.2) is 81.5 Å². The summed E-state index contributed by atoms with van der Waals surface area (Å²) in [4.78, 5) is 70.3. The number of hydrogen-bond acceptors (Lipinski definition) is 11. The Labute approximate surface area is 256 Å². The molecule has 45 heavy (non-hydrogen) atoms. The molecule has 3 aromatic carbocycles. The Kier molecular flexibility index (Phi) is 6.48. The molecular weight excluding hydrogens is 578 g/mol. The SMILES string of the molecule is CN(C)[C@@H]1C(=O)C(C(N)=O)C(=O)[C@@]2(C#N)C(=O)C3C(=O)c4c(O)cccc4C(=Cc4ccc5ccccc5c4)[C@@]3(N)[C@H](O)[C@@]12N. The molecule has 0 bridgehead atoms. The predicted octanol–water partition coefficient (Wildman–Crippen LogP) is -0.0694. The molecule has 0 saturated heterocycles. The third-order valence-electron chi connectivity index (χ3n) is 9.66. The number of aliphatic hydroxyl groups excluding tert-OH is 1. The molecule has 0 heterocycles. The van der Waals surface area contributed by atoms with Crippen molar-refractivity contribution < 1.29 is 34.2 Å². The first-order chi connectivity index (χ1) is 21.2. The molecule has 0 aromatic heterocycles. The molecule has 0 radical (unpaired) electrons. The number of rotatable bonds is 3. The highest BCUT2D eigenvalue weighted by molar-refractivity contribution is 6.35. The van der Waals surface area contributed by atoms with Crippen molar-refractivity contribution in [2.75, 3.05) is 14.1 Å². The number of aliphatic hydroxyl groups is 1. The number of benzene rings is 3. The van der Waals surface area contributed by atoms with E-state index in [0.717, 1.165) is 10.8 Å². The first-order valence-electron chi connectivity index (χ1n) is 14.0. The highest BCUT2D eigenvalue weighted by atomic mass is 16.3. The van der Waals surface area contributed by atoms with Gasteiger partial charge in [0.05, 0.1) is 29.3 Å². The number of ketones is 4. The maximum atomic E-state index is 14.7. The van der Waals surface area contributed by atoms with E-state index in [4.69, 9.17) is 17.2 Å². The molecule has 0 spiro atoms. The summed E-state index contributed by atoms with van der Waals surface area (Å²) < 4.78 is 0. The molecule has 12 heteroatoms. The van der Waals surface area contributed by atoms with E-state index in [-0.39, 0.29) is 16.7 Å². The lowest BCUT2D eigenvalue weighted by Gasteiger charge is -2.63. The zero-order valence-electron chi connectivity index (χ0n) is 24.2. The smallest absolute Gasteiger partial charge is 0.235 e. The number of primary amides is 1. The Balaban J connectivity index is 1.72. The van der Waals surface area contributed by atoms with E-state index in [1.54, 1.807) is 12.1 Å². The minimum Gasteiger partial charge on any atom is -0.507 e. The van der Waals surface area contributed by atoms with Crippen molar-refractivity contribution in [3.8, 4) is 11.8 Å². The second kappa shape index (κ2) is 9.72. The number of phenols is 1. The van der Waals surface area contributed by atoms with Crippen LogP contribution >= 0.6 is 0 Å². The number of nitriles is 1. The summed E-state index contributed by atoms with van der Waals surface area (Å²) in [6.07, 6.45) is -0.750. The van der Waals surface area contributed by atoms with Gasteiger partial charge in [0.25, 0.3) is 0 Å². The average Bonchev–Trinajstić information content (AvgIpc) is 2.98. The number of carbonyl (C=O) groups is 5. The fourth-order valence-electron chi connectivity index (χ4n) is 7.70. The van der Waals surface area contributed by atoms with Gasteiger partial charge >= 0.3 is 0 Å². The second-order valence-electron chi connectivity index (χ2n) is 12.1. The largest absolute Gasteiger partial charge is 0.507 e. The summed E-state index contributed by atoms with van der Waals surface area (Å²) in [5.41, 5.74) is 11.3. The molecule has 228 valence electrons. The summed E-state index contributed by atoms with van der Waals surface area (Å²) in [5.74, 6) is -11.5. The Morgan fingerprint density at radius 3 is 2.27 bits per heavy atom. The maximum Gasteiger partial charge on any atom is 0.235 e. The van der Waals surface area contributed by atoms with Crippen molar-refractivity contribution in [3.63, 3.8) is 0 Å². The van der Waals surface area contributed by atoms with Crippen molar-refractivity contribution >= 4 is 51.5 Å². The molecule has 12 nitrogen and oxygen atoms in total. The molecule has 3 aliphatic rings. The molecule has 8 N–H and O–H groups in total. The second-order valence-corrected chi connectivity index (χ2v) is 12.1. The van der Waals surface area contributed by atoms with Crippen LogP contribution in [0.5, 0.6) is 5.75 Å². The van der Waals surface area contributed by atoms with Gasteiger partial charge in [0.2, 0.25) is 5.91 Å². The van der Waals surface area contributed by atoms with E-state index in [2.05, 4.69) is 0 Å². The van der Waals surface area contributed by atoms with Crippen LogP contribution in [-0.2, 0) is 19.2 Å².